The van der Waals surface area contributed by atoms with Crippen molar-refractivity contribution in [2.24, 2.45) is 0 Å². The zero-order chi connectivity index (χ0) is 16.4. The molecule has 7 heteroatoms. The van der Waals surface area contributed by atoms with Crippen molar-refractivity contribution in [1.29, 1.82) is 0 Å². The molecule has 0 aliphatic carbocycles. The van der Waals surface area contributed by atoms with Crippen LogP contribution in [-0.4, -0.2) is 32.2 Å². The fraction of sp³-hybridized carbons (Fsp3) is 0.176. The van der Waals surface area contributed by atoms with Gasteiger partial charge in [0.25, 0.3) is 5.91 Å². The third-order valence-electron chi connectivity index (χ3n) is 3.99. The molecule has 24 heavy (non-hydrogen) atoms. The maximum absolute atomic E-state index is 12.6. The van der Waals surface area contributed by atoms with E-state index in [1.807, 2.05) is 12.1 Å². The molecular formula is C17H16N6O. The third kappa shape index (κ3) is 2.77. The average Bonchev–Trinajstić information content (AvgIpc) is 3.17. The van der Waals surface area contributed by atoms with Gasteiger partial charge in [0.2, 0.25) is 0 Å². The number of rotatable bonds is 3. The topological polar surface area (TPSA) is 84.7 Å². The van der Waals surface area contributed by atoms with Crippen molar-refractivity contribution in [3.63, 3.8) is 0 Å². The molecule has 0 fully saturated rings. The van der Waals surface area contributed by atoms with Crippen LogP contribution in [0.2, 0.25) is 0 Å². The van der Waals surface area contributed by atoms with E-state index in [1.54, 1.807) is 29.3 Å². The van der Waals surface area contributed by atoms with Crippen LogP contribution in [0.15, 0.2) is 49.1 Å². The number of hydrogen-bond acceptors (Lipinski definition) is 5. The van der Waals surface area contributed by atoms with Gasteiger partial charge in [-0.05, 0) is 36.2 Å². The number of hydrogen-bond donors (Lipinski definition) is 2. The van der Waals surface area contributed by atoms with E-state index in [1.165, 1.54) is 11.8 Å². The smallest absolute Gasteiger partial charge is 0.275 e. The highest BCUT2D eigenvalue weighted by Gasteiger charge is 2.16. The number of carbonyl (C=O) groups excluding carboxylic acids is 1. The van der Waals surface area contributed by atoms with Crippen LogP contribution >= 0.6 is 0 Å². The van der Waals surface area contributed by atoms with Gasteiger partial charge in [-0.3, -0.25) is 9.78 Å². The molecule has 1 amide bonds. The fourth-order valence-corrected chi connectivity index (χ4v) is 2.80. The largest absolute Gasteiger partial charge is 0.320 e. The van der Waals surface area contributed by atoms with Crippen molar-refractivity contribution in [1.82, 2.24) is 25.1 Å². The molecule has 0 saturated heterocycles. The molecule has 0 atom stereocenters. The molecule has 4 rings (SSSR count). The molecular weight excluding hydrogens is 304 g/mol. The second-order valence-electron chi connectivity index (χ2n) is 5.54. The summed E-state index contributed by atoms with van der Waals surface area (Å²) < 4.78 is 1.57. The van der Waals surface area contributed by atoms with Crippen molar-refractivity contribution in [3.8, 4) is 5.82 Å². The molecule has 1 aliphatic heterocycles. The fourth-order valence-electron chi connectivity index (χ4n) is 2.80. The number of nitrogens with zero attached hydrogens (tertiary/aromatic N) is 4. The number of fused-ring (bicyclic) bond motifs is 1. The van der Waals surface area contributed by atoms with Crippen molar-refractivity contribution < 1.29 is 4.79 Å². The lowest BCUT2D eigenvalue weighted by Gasteiger charge is -2.20. The van der Waals surface area contributed by atoms with Gasteiger partial charge in [0.05, 0.1) is 12.4 Å². The molecule has 1 aromatic carbocycles. The van der Waals surface area contributed by atoms with E-state index in [0.29, 0.717) is 5.82 Å². The number of benzene rings is 1. The Morgan fingerprint density at radius 1 is 1.25 bits per heavy atom. The zero-order valence-electron chi connectivity index (χ0n) is 12.9. The monoisotopic (exact) mass is 320 g/mol. The van der Waals surface area contributed by atoms with Crippen LogP contribution in [0.3, 0.4) is 0 Å². The number of carbonyl (C=O) groups is 1. The Kier molecular flexibility index (Phi) is 3.76. The maximum Gasteiger partial charge on any atom is 0.275 e. The van der Waals surface area contributed by atoms with Gasteiger partial charge in [-0.1, -0.05) is 12.1 Å². The highest BCUT2D eigenvalue weighted by Crippen LogP contribution is 2.23. The van der Waals surface area contributed by atoms with E-state index in [0.717, 1.165) is 30.8 Å². The first kappa shape index (κ1) is 14.5. The second kappa shape index (κ2) is 6.21. The second-order valence-corrected chi connectivity index (χ2v) is 5.54. The van der Waals surface area contributed by atoms with Crippen LogP contribution in [0.25, 0.3) is 5.82 Å². The standard InChI is InChI=1S/C17H16N6O/c24-17(15-10-19-11-16(21-15)23-8-2-6-20-23)22-14-4-1-3-12-5-7-18-9-13(12)14/h1-4,6,8,10-11,18H,5,7,9H2,(H,22,24). The first-order chi connectivity index (χ1) is 11.8. The van der Waals surface area contributed by atoms with E-state index in [-0.39, 0.29) is 11.6 Å². The van der Waals surface area contributed by atoms with E-state index < -0.39 is 0 Å². The molecule has 3 heterocycles. The van der Waals surface area contributed by atoms with Crippen LogP contribution in [0, 0.1) is 0 Å². The van der Waals surface area contributed by atoms with Crippen LogP contribution < -0.4 is 10.6 Å². The Bertz CT molecular complexity index is 875. The van der Waals surface area contributed by atoms with Gasteiger partial charge < -0.3 is 10.6 Å². The number of amides is 1. The zero-order valence-corrected chi connectivity index (χ0v) is 12.9. The molecule has 0 bridgehead atoms. The SMILES string of the molecule is O=C(Nc1cccc2c1CNCC2)c1cncc(-n2cccn2)n1. The van der Waals surface area contributed by atoms with Crippen LogP contribution in [0.1, 0.15) is 21.6 Å². The predicted molar refractivity (Wildman–Crippen MR) is 89.0 cm³/mol. The van der Waals surface area contributed by atoms with Gasteiger partial charge in [-0.2, -0.15) is 5.10 Å². The van der Waals surface area contributed by atoms with Gasteiger partial charge in [0.1, 0.15) is 5.69 Å². The quantitative estimate of drug-likeness (QED) is 0.765. The summed E-state index contributed by atoms with van der Waals surface area (Å²) in [5.74, 6) is 0.222. The molecule has 0 radical (unpaired) electrons. The lowest BCUT2D eigenvalue weighted by molar-refractivity contribution is 0.102. The summed E-state index contributed by atoms with van der Waals surface area (Å²) in [6.07, 6.45) is 7.39. The van der Waals surface area contributed by atoms with E-state index >= 15 is 0 Å². The van der Waals surface area contributed by atoms with E-state index in [2.05, 4.69) is 31.8 Å². The van der Waals surface area contributed by atoms with Crippen LogP contribution in [-0.2, 0) is 13.0 Å². The highest BCUT2D eigenvalue weighted by atomic mass is 16.1. The highest BCUT2D eigenvalue weighted by molar-refractivity contribution is 6.03. The van der Waals surface area contributed by atoms with Gasteiger partial charge in [-0.25, -0.2) is 9.67 Å². The van der Waals surface area contributed by atoms with Gasteiger partial charge in [0, 0.05) is 24.6 Å². The Morgan fingerprint density at radius 2 is 2.21 bits per heavy atom. The molecule has 120 valence electrons. The lowest BCUT2D eigenvalue weighted by atomic mass is 9.99. The van der Waals surface area contributed by atoms with Crippen LogP contribution in [0.5, 0.6) is 0 Å². The van der Waals surface area contributed by atoms with Crippen molar-refractivity contribution in [2.45, 2.75) is 13.0 Å². The molecule has 0 unspecified atom stereocenters. The normalized spacial score (nSPS) is 13.3. The maximum atomic E-state index is 12.6. The predicted octanol–water partition coefficient (Wildman–Crippen LogP) is 1.56. The number of anilines is 1. The summed E-state index contributed by atoms with van der Waals surface area (Å²) in [5.41, 5.74) is 3.47. The van der Waals surface area contributed by atoms with Crippen molar-refractivity contribution in [3.05, 3.63) is 65.9 Å². The molecule has 2 N–H and O–H groups in total. The first-order valence-electron chi connectivity index (χ1n) is 7.76. The van der Waals surface area contributed by atoms with E-state index in [4.69, 9.17) is 0 Å². The lowest BCUT2D eigenvalue weighted by Crippen LogP contribution is -2.25. The minimum absolute atomic E-state index is 0.254. The average molecular weight is 320 g/mol. The summed E-state index contributed by atoms with van der Waals surface area (Å²) in [5, 5.41) is 10.4. The molecule has 7 nitrogen and oxygen atoms in total. The Balaban J connectivity index is 1.60. The summed E-state index contributed by atoms with van der Waals surface area (Å²) in [4.78, 5) is 21.0. The minimum atomic E-state index is -0.282. The third-order valence-corrected chi connectivity index (χ3v) is 3.99. The molecule has 2 aromatic heterocycles. The number of nitrogens with one attached hydrogen (secondary N) is 2. The Hall–Kier alpha value is -3.06. The summed E-state index contributed by atoms with van der Waals surface area (Å²) in [6.45, 7) is 1.71. The molecule has 0 saturated carbocycles. The molecule has 1 aliphatic rings. The molecule has 3 aromatic rings. The summed E-state index contributed by atoms with van der Waals surface area (Å²) in [7, 11) is 0. The van der Waals surface area contributed by atoms with Gasteiger partial charge in [-0.15, -0.1) is 0 Å². The number of aromatic nitrogens is 4. The Morgan fingerprint density at radius 3 is 3.08 bits per heavy atom. The summed E-state index contributed by atoms with van der Waals surface area (Å²) in [6, 6.07) is 7.77. The van der Waals surface area contributed by atoms with Crippen molar-refractivity contribution >= 4 is 11.6 Å². The van der Waals surface area contributed by atoms with Gasteiger partial charge in [0.15, 0.2) is 5.82 Å². The van der Waals surface area contributed by atoms with Crippen molar-refractivity contribution in [2.75, 3.05) is 11.9 Å². The summed E-state index contributed by atoms with van der Waals surface area (Å²) >= 11 is 0. The van der Waals surface area contributed by atoms with Gasteiger partial charge >= 0.3 is 0 Å². The van der Waals surface area contributed by atoms with E-state index in [9.17, 15) is 4.79 Å². The molecule has 0 spiro atoms. The minimum Gasteiger partial charge on any atom is -0.320 e. The Labute approximate surface area is 138 Å². The van der Waals surface area contributed by atoms with Crippen LogP contribution in [0.4, 0.5) is 5.69 Å². The first-order valence-corrected chi connectivity index (χ1v) is 7.76.